The molecule has 0 fully saturated rings. The number of nitrogens with two attached hydrogens (primary N) is 1. The van der Waals surface area contributed by atoms with Crippen LogP contribution in [0.15, 0.2) is 13.8 Å². The van der Waals surface area contributed by atoms with Crippen LogP contribution in [0.4, 0.5) is 17.1 Å². The Morgan fingerprint density at radius 3 is 1.38 bits per heavy atom. The van der Waals surface area contributed by atoms with Gasteiger partial charge in [-0.2, -0.15) is 0 Å². The van der Waals surface area contributed by atoms with E-state index in [0.717, 1.165) is 57.2 Å². The van der Waals surface area contributed by atoms with E-state index in [1.807, 2.05) is 48.5 Å². The second-order valence-electron chi connectivity index (χ2n) is 11.1. The van der Waals surface area contributed by atoms with Crippen LogP contribution in [-0.2, 0) is 0 Å². The van der Waals surface area contributed by atoms with Crippen LogP contribution in [-0.4, -0.2) is 91.2 Å². The topological polar surface area (TPSA) is 132 Å². The number of anilines is 1. The molecule has 45 heavy (non-hydrogen) atoms. The van der Waals surface area contributed by atoms with Gasteiger partial charge in [-0.15, -0.1) is 34.0 Å². The number of thiophene rings is 3. The van der Waals surface area contributed by atoms with Gasteiger partial charge in [0.1, 0.15) is 4.88 Å². The van der Waals surface area contributed by atoms with Gasteiger partial charge in [0.05, 0.1) is 30.6 Å². The number of carbonyl (C=O) groups excluding carboxylic acids is 3. The first kappa shape index (κ1) is 40.0. The molecule has 3 aromatic heterocycles. The molecule has 3 N–H and O–H groups in total. The van der Waals surface area contributed by atoms with Gasteiger partial charge in [-0.1, -0.05) is 0 Å². The molecule has 0 aliphatic rings. The zero-order valence-electron chi connectivity index (χ0n) is 28.6. The van der Waals surface area contributed by atoms with E-state index in [0.29, 0.717) is 10.6 Å². The highest BCUT2D eigenvalue weighted by Gasteiger charge is 2.21. The molecular formula is C31H45BrN6O4S3. The molecule has 0 spiro atoms. The van der Waals surface area contributed by atoms with Gasteiger partial charge in [-0.25, -0.2) is 0 Å². The smallest absolute Gasteiger partial charge is 0.267 e. The minimum Gasteiger partial charge on any atom is -0.504 e. The van der Waals surface area contributed by atoms with Crippen molar-refractivity contribution < 1.29 is 19.5 Å². The lowest BCUT2D eigenvalue weighted by Crippen LogP contribution is -2.21. The van der Waals surface area contributed by atoms with E-state index in [4.69, 9.17) is 5.73 Å². The molecule has 0 radical (unpaired) electrons. The lowest BCUT2D eigenvalue weighted by atomic mass is 10.2. The molecule has 0 bridgehead atoms. The average Bonchev–Trinajstić information content (AvgIpc) is 3.48. The molecule has 0 aliphatic heterocycles. The van der Waals surface area contributed by atoms with Gasteiger partial charge in [-0.05, 0) is 82.4 Å². The van der Waals surface area contributed by atoms with Gasteiger partial charge in [0.25, 0.3) is 17.7 Å². The number of halogens is 1. The number of carbonyl (C=O) groups is 3. The first-order valence-electron chi connectivity index (χ1n) is 13.8. The van der Waals surface area contributed by atoms with E-state index in [2.05, 4.69) is 25.9 Å². The van der Waals surface area contributed by atoms with Crippen molar-refractivity contribution in [3.63, 3.8) is 0 Å². The van der Waals surface area contributed by atoms with Crippen molar-refractivity contribution in [1.29, 1.82) is 0 Å². The summed E-state index contributed by atoms with van der Waals surface area (Å²) in [5.74, 6) is -0.234. The minimum absolute atomic E-state index is 0.0263. The first-order valence-corrected chi connectivity index (χ1v) is 17.0. The molecule has 0 atom stereocenters. The van der Waals surface area contributed by atoms with Gasteiger partial charge in [0, 0.05) is 63.5 Å². The van der Waals surface area contributed by atoms with Crippen LogP contribution in [0.5, 0.6) is 5.75 Å². The number of aromatic hydroxyl groups is 1. The molecule has 14 heteroatoms. The van der Waals surface area contributed by atoms with Crippen LogP contribution in [0.3, 0.4) is 0 Å². The molecule has 3 aromatic rings. The summed E-state index contributed by atoms with van der Waals surface area (Å²) in [6, 6.07) is 0. The van der Waals surface area contributed by atoms with E-state index in [1.165, 1.54) is 38.9 Å². The Labute approximate surface area is 287 Å². The summed E-state index contributed by atoms with van der Waals surface area (Å²) in [5, 5.41) is 9.48. The summed E-state index contributed by atoms with van der Waals surface area (Å²) in [6.07, 6.45) is 0. The van der Waals surface area contributed by atoms with Crippen molar-refractivity contribution in [3.8, 4) is 5.75 Å². The molecule has 3 rings (SSSR count). The van der Waals surface area contributed by atoms with Crippen LogP contribution in [0, 0.1) is 27.7 Å². The standard InChI is InChI=1S/C12H18N2OS.C11H15BrN2OS.C8H12N2O2S/c1-7(2)13-10-8(3)11(16-9(10)4)12(15)14(5)6;1-6(2)13-8-7(3)9(16-10(8)12)11(15)14(4)5;1-4-5(9)6(11)7(13-4)8(12)10(2)3/h1-6H3;1-5H3;11H,9H2,1-3H3. The lowest BCUT2D eigenvalue weighted by molar-refractivity contribution is 0.0822. The third-order valence-electron chi connectivity index (χ3n) is 5.93. The Hall–Kier alpha value is -3.07. The maximum Gasteiger partial charge on any atom is 0.267 e. The highest BCUT2D eigenvalue weighted by molar-refractivity contribution is 9.11. The summed E-state index contributed by atoms with van der Waals surface area (Å²) < 4.78 is 0.913. The van der Waals surface area contributed by atoms with Crippen LogP contribution in [0.25, 0.3) is 0 Å². The van der Waals surface area contributed by atoms with Crippen molar-refractivity contribution >= 4 is 96.1 Å². The average molecular weight is 742 g/mol. The van der Waals surface area contributed by atoms with E-state index in [-0.39, 0.29) is 23.5 Å². The Morgan fingerprint density at radius 2 is 1.00 bits per heavy atom. The summed E-state index contributed by atoms with van der Waals surface area (Å²) in [4.78, 5) is 52.5. The van der Waals surface area contributed by atoms with Crippen molar-refractivity contribution in [2.75, 3.05) is 48.0 Å². The zero-order chi connectivity index (χ0) is 35.1. The number of nitrogen functional groups attached to an aromatic ring is 1. The summed E-state index contributed by atoms with van der Waals surface area (Å²) in [5.41, 5.74) is 11.6. The van der Waals surface area contributed by atoms with Crippen molar-refractivity contribution in [3.05, 3.63) is 39.3 Å². The molecule has 3 heterocycles. The van der Waals surface area contributed by atoms with Crippen molar-refractivity contribution in [2.45, 2.75) is 55.4 Å². The van der Waals surface area contributed by atoms with Gasteiger partial charge >= 0.3 is 0 Å². The molecular weight excluding hydrogens is 696 g/mol. The fraction of sp³-hybridized carbons (Fsp3) is 0.452. The van der Waals surface area contributed by atoms with Gasteiger partial charge < -0.3 is 25.5 Å². The van der Waals surface area contributed by atoms with Crippen LogP contribution in [0.2, 0.25) is 0 Å². The summed E-state index contributed by atoms with van der Waals surface area (Å²) >= 11 is 7.62. The fourth-order valence-corrected chi connectivity index (χ4v) is 7.54. The number of rotatable bonds is 5. The fourth-order valence-electron chi connectivity index (χ4n) is 3.56. The van der Waals surface area contributed by atoms with Crippen LogP contribution < -0.4 is 5.73 Å². The van der Waals surface area contributed by atoms with Crippen molar-refractivity contribution in [2.24, 2.45) is 9.98 Å². The number of hydrogen-bond acceptors (Lipinski definition) is 10. The Balaban J connectivity index is 0.000000340. The molecule has 10 nitrogen and oxygen atoms in total. The monoisotopic (exact) mass is 740 g/mol. The second-order valence-corrected chi connectivity index (χ2v) is 15.9. The van der Waals surface area contributed by atoms with Crippen LogP contribution in [0.1, 0.15) is 77.6 Å². The number of nitrogens with zero attached hydrogens (tertiary/aromatic N) is 5. The highest BCUT2D eigenvalue weighted by atomic mass is 79.9. The predicted molar refractivity (Wildman–Crippen MR) is 197 cm³/mol. The molecule has 3 amide bonds. The second kappa shape index (κ2) is 17.0. The zero-order valence-corrected chi connectivity index (χ0v) is 32.6. The highest BCUT2D eigenvalue weighted by Crippen LogP contribution is 2.40. The van der Waals surface area contributed by atoms with Gasteiger partial charge in [0.2, 0.25) is 0 Å². The third-order valence-corrected chi connectivity index (χ3v) is 10.1. The quantitative estimate of drug-likeness (QED) is 0.257. The Kier molecular flexibility index (Phi) is 15.1. The SMILES string of the molecule is CC(C)=Nc1c(Br)sc(C(=O)N(C)C)c1C.CC(C)=Nc1c(C)sc(C(=O)N(C)C)c1C.Cc1sc(C(=O)N(C)C)c(O)c1N. The van der Waals surface area contributed by atoms with E-state index in [9.17, 15) is 19.5 Å². The predicted octanol–water partition coefficient (Wildman–Crippen LogP) is 7.86. The van der Waals surface area contributed by atoms with Crippen LogP contribution >= 0.6 is 49.9 Å². The summed E-state index contributed by atoms with van der Waals surface area (Å²) in [7, 11) is 10.3. The first-order chi connectivity index (χ1) is 20.6. The molecule has 0 aromatic carbocycles. The Morgan fingerprint density at radius 1 is 0.644 bits per heavy atom. The third kappa shape index (κ3) is 10.5. The maximum absolute atomic E-state index is 11.9. The van der Waals surface area contributed by atoms with E-state index < -0.39 is 0 Å². The molecule has 0 aliphatic carbocycles. The Bertz CT molecular complexity index is 1520. The summed E-state index contributed by atoms with van der Waals surface area (Å²) in [6.45, 7) is 15.5. The molecule has 248 valence electrons. The van der Waals surface area contributed by atoms with Gasteiger partial charge in [0.15, 0.2) is 5.75 Å². The maximum atomic E-state index is 11.9. The van der Waals surface area contributed by atoms with E-state index in [1.54, 1.807) is 59.0 Å². The minimum atomic E-state index is -0.220. The normalized spacial score (nSPS) is 10.1. The number of aryl methyl sites for hydroxylation is 2. The van der Waals surface area contributed by atoms with Crippen molar-refractivity contribution in [1.82, 2.24) is 14.7 Å². The molecule has 0 unspecified atom stereocenters. The largest absolute Gasteiger partial charge is 0.504 e. The number of hydrogen-bond donors (Lipinski definition) is 2. The van der Waals surface area contributed by atoms with E-state index >= 15 is 0 Å². The lowest BCUT2D eigenvalue weighted by Gasteiger charge is -2.08. The number of aliphatic imine (C=N–C) groups is 2. The molecule has 0 saturated carbocycles. The molecule has 0 saturated heterocycles. The number of amides is 3. The van der Waals surface area contributed by atoms with Gasteiger partial charge in [-0.3, -0.25) is 24.4 Å².